The van der Waals surface area contributed by atoms with E-state index in [4.69, 9.17) is 5.73 Å². The van der Waals surface area contributed by atoms with E-state index in [1.54, 1.807) is 0 Å². The van der Waals surface area contributed by atoms with Crippen LogP contribution >= 0.6 is 0 Å². The molecule has 14 heavy (non-hydrogen) atoms. The molecule has 0 bridgehead atoms. The SMILES string of the molecule is Nc1cc[n+](S(=O)(=O)C(F)(F)F)cc1. The summed E-state index contributed by atoms with van der Waals surface area (Å²) in [6.45, 7) is 0. The molecule has 0 aromatic carbocycles. The fraction of sp³-hybridized carbons (Fsp3) is 0.167. The number of rotatable bonds is 1. The molecule has 0 amide bonds. The van der Waals surface area contributed by atoms with Crippen LogP contribution in [0.1, 0.15) is 0 Å². The van der Waals surface area contributed by atoms with Crippen LogP contribution in [0.3, 0.4) is 0 Å². The third-order valence-electron chi connectivity index (χ3n) is 1.40. The lowest BCUT2D eigenvalue weighted by Crippen LogP contribution is -2.50. The molecule has 0 fully saturated rings. The van der Waals surface area contributed by atoms with Crippen molar-refractivity contribution >= 4 is 15.7 Å². The van der Waals surface area contributed by atoms with Crippen molar-refractivity contribution in [3.8, 4) is 0 Å². The summed E-state index contributed by atoms with van der Waals surface area (Å²) in [5.41, 5.74) is 0.0572. The highest BCUT2D eigenvalue weighted by Gasteiger charge is 2.54. The van der Waals surface area contributed by atoms with Gasteiger partial charge in [-0.25, -0.2) is 0 Å². The number of alkyl halides is 3. The van der Waals surface area contributed by atoms with E-state index in [-0.39, 0.29) is 9.66 Å². The van der Waals surface area contributed by atoms with Crippen LogP contribution in [0.4, 0.5) is 18.9 Å². The van der Waals surface area contributed by atoms with E-state index in [2.05, 4.69) is 0 Å². The highest BCUT2D eigenvalue weighted by atomic mass is 32.2. The van der Waals surface area contributed by atoms with E-state index in [1.807, 2.05) is 0 Å². The number of nitrogen functional groups attached to an aromatic ring is 1. The second-order valence-electron chi connectivity index (χ2n) is 2.41. The molecule has 0 radical (unpaired) electrons. The number of anilines is 1. The molecule has 0 aliphatic carbocycles. The maximum atomic E-state index is 12.0. The first-order chi connectivity index (χ1) is 6.25. The molecule has 0 saturated carbocycles. The summed E-state index contributed by atoms with van der Waals surface area (Å²) in [6.07, 6.45) is 1.47. The van der Waals surface area contributed by atoms with Crippen LogP contribution in [-0.4, -0.2) is 13.9 Å². The Balaban J connectivity index is 3.25. The summed E-state index contributed by atoms with van der Waals surface area (Å²) < 4.78 is 57.5. The maximum absolute atomic E-state index is 12.0. The number of hydrogen-bond acceptors (Lipinski definition) is 3. The van der Waals surface area contributed by atoms with Crippen molar-refractivity contribution in [2.45, 2.75) is 5.51 Å². The van der Waals surface area contributed by atoms with Gasteiger partial charge in [-0.15, -0.1) is 0 Å². The smallest absolute Gasteiger partial charge is 0.398 e. The minimum absolute atomic E-state index is 0.0589. The number of halogens is 3. The zero-order chi connectivity index (χ0) is 11.0. The van der Waals surface area contributed by atoms with Gasteiger partial charge in [0.15, 0.2) is 12.4 Å². The first kappa shape index (κ1) is 10.8. The number of pyridine rings is 1. The minimum atomic E-state index is -5.33. The molecule has 0 aliphatic heterocycles. The van der Waals surface area contributed by atoms with Gasteiger partial charge >= 0.3 is 15.5 Å². The number of hydrogen-bond donors (Lipinski definition) is 1. The van der Waals surface area contributed by atoms with Gasteiger partial charge in [-0.2, -0.15) is 21.6 Å². The molecule has 1 heterocycles. The molecule has 0 atom stereocenters. The molecule has 1 aromatic rings. The van der Waals surface area contributed by atoms with Crippen molar-refractivity contribution in [2.24, 2.45) is 0 Å². The predicted molar refractivity (Wildman–Crippen MR) is 41.4 cm³/mol. The molecule has 1 rings (SSSR count). The molecule has 2 N–H and O–H groups in total. The fourth-order valence-electron chi connectivity index (χ4n) is 0.704. The summed E-state index contributed by atoms with van der Waals surface area (Å²) in [5, 5.41) is 0. The first-order valence-electron chi connectivity index (χ1n) is 3.34. The van der Waals surface area contributed by atoms with E-state index in [9.17, 15) is 21.6 Å². The van der Waals surface area contributed by atoms with Gasteiger partial charge in [-0.3, -0.25) is 0 Å². The van der Waals surface area contributed by atoms with Gasteiger partial charge in [0.1, 0.15) is 0 Å². The van der Waals surface area contributed by atoms with Crippen molar-refractivity contribution < 1.29 is 25.6 Å². The summed E-state index contributed by atoms with van der Waals surface area (Å²) in [5.74, 6) is 0. The van der Waals surface area contributed by atoms with E-state index >= 15 is 0 Å². The van der Waals surface area contributed by atoms with Gasteiger partial charge in [-0.05, 0) is 0 Å². The normalized spacial score (nSPS) is 12.8. The first-order valence-corrected chi connectivity index (χ1v) is 4.78. The Kier molecular flexibility index (Phi) is 2.40. The fourth-order valence-corrected chi connectivity index (χ4v) is 1.39. The molecule has 4 nitrogen and oxygen atoms in total. The monoisotopic (exact) mass is 227 g/mol. The third kappa shape index (κ3) is 1.79. The van der Waals surface area contributed by atoms with Gasteiger partial charge in [0, 0.05) is 17.8 Å². The van der Waals surface area contributed by atoms with Gasteiger partial charge in [0.05, 0.1) is 0 Å². The summed E-state index contributed by atoms with van der Waals surface area (Å²) in [7, 11) is -5.33. The molecule has 1 aromatic heterocycles. The van der Waals surface area contributed by atoms with Crippen LogP contribution in [0, 0.1) is 0 Å². The van der Waals surface area contributed by atoms with Gasteiger partial charge < -0.3 is 5.73 Å². The van der Waals surface area contributed by atoms with Crippen LogP contribution < -0.4 is 9.71 Å². The lowest BCUT2D eigenvalue weighted by Gasteiger charge is -2.01. The van der Waals surface area contributed by atoms with Crippen LogP contribution in [0.5, 0.6) is 0 Å². The lowest BCUT2D eigenvalue weighted by molar-refractivity contribution is -0.518. The molecule has 0 unspecified atom stereocenters. The summed E-state index contributed by atoms with van der Waals surface area (Å²) in [6, 6.07) is 2.12. The molecule has 0 saturated heterocycles. The standard InChI is InChI=1S/C6H5F3N2O2S/c7-6(8,9)14(12,13)11-3-1-5(10)2-4-11/h1-4,10H/p+1. The maximum Gasteiger partial charge on any atom is 0.560 e. The van der Waals surface area contributed by atoms with Gasteiger partial charge in [-0.1, -0.05) is 3.97 Å². The van der Waals surface area contributed by atoms with Crippen molar-refractivity contribution in [2.75, 3.05) is 5.73 Å². The Labute approximate surface area is 77.8 Å². The largest absolute Gasteiger partial charge is 0.560 e. The summed E-state index contributed by atoms with van der Waals surface area (Å²) in [4.78, 5) is 0. The topological polar surface area (TPSA) is 64.0 Å². The number of nitrogens with zero attached hydrogens (tertiary/aromatic N) is 1. The molecular formula is C6H6F3N2O2S+. The van der Waals surface area contributed by atoms with Crippen LogP contribution in [-0.2, 0) is 10.0 Å². The van der Waals surface area contributed by atoms with Gasteiger partial charge in [0.25, 0.3) is 0 Å². The third-order valence-corrected chi connectivity index (χ3v) is 2.78. The quantitative estimate of drug-likeness (QED) is 0.699. The Morgan fingerprint density at radius 3 is 2.00 bits per heavy atom. The molecule has 8 heteroatoms. The van der Waals surface area contributed by atoms with Crippen LogP contribution in [0.25, 0.3) is 0 Å². The summed E-state index contributed by atoms with van der Waals surface area (Å²) >= 11 is 0. The van der Waals surface area contributed by atoms with Crippen LogP contribution in [0.15, 0.2) is 24.5 Å². The second kappa shape index (κ2) is 3.12. The zero-order valence-electron chi connectivity index (χ0n) is 6.69. The predicted octanol–water partition coefficient (Wildman–Crippen LogP) is 0.254. The Morgan fingerprint density at radius 1 is 1.21 bits per heavy atom. The second-order valence-corrected chi connectivity index (χ2v) is 4.25. The van der Waals surface area contributed by atoms with E-state index in [1.165, 1.54) is 0 Å². The van der Waals surface area contributed by atoms with Crippen molar-refractivity contribution in [1.82, 2.24) is 0 Å². The Bertz CT molecular complexity index is 423. The van der Waals surface area contributed by atoms with Gasteiger partial charge in [0.2, 0.25) is 0 Å². The van der Waals surface area contributed by atoms with E-state index in [0.717, 1.165) is 24.5 Å². The minimum Gasteiger partial charge on any atom is -0.398 e. The van der Waals surface area contributed by atoms with Crippen molar-refractivity contribution in [3.63, 3.8) is 0 Å². The van der Waals surface area contributed by atoms with Crippen molar-refractivity contribution in [3.05, 3.63) is 24.5 Å². The molecular weight excluding hydrogens is 221 g/mol. The zero-order valence-corrected chi connectivity index (χ0v) is 7.51. The molecule has 78 valence electrons. The van der Waals surface area contributed by atoms with Crippen LogP contribution in [0.2, 0.25) is 0 Å². The van der Waals surface area contributed by atoms with E-state index in [0.29, 0.717) is 0 Å². The highest BCUT2D eigenvalue weighted by Crippen LogP contribution is 2.21. The van der Waals surface area contributed by atoms with E-state index < -0.39 is 15.5 Å². The molecule has 0 spiro atoms. The highest BCUT2D eigenvalue weighted by molar-refractivity contribution is 7.85. The average Bonchev–Trinajstić information content (AvgIpc) is 2.03. The Morgan fingerprint density at radius 2 is 1.64 bits per heavy atom. The average molecular weight is 227 g/mol. The number of aromatic nitrogens is 1. The lowest BCUT2D eigenvalue weighted by atomic mass is 10.4. The molecule has 0 aliphatic rings. The van der Waals surface area contributed by atoms with Crippen molar-refractivity contribution in [1.29, 1.82) is 0 Å². The number of nitrogens with two attached hydrogens (primary N) is 1. The Hall–Kier alpha value is -1.31.